The zero-order valence-electron chi connectivity index (χ0n) is 14.2. The van der Waals surface area contributed by atoms with Crippen molar-refractivity contribution >= 4 is 17.3 Å². The van der Waals surface area contributed by atoms with Gasteiger partial charge in [0.15, 0.2) is 11.6 Å². The molecule has 1 saturated heterocycles. The Hall–Kier alpha value is -2.88. The largest absolute Gasteiger partial charge is 0.360 e. The molecular weight excluding hydrogens is 346 g/mol. The van der Waals surface area contributed by atoms with Crippen molar-refractivity contribution in [2.24, 2.45) is 0 Å². The van der Waals surface area contributed by atoms with Crippen LogP contribution in [0.1, 0.15) is 5.56 Å². The van der Waals surface area contributed by atoms with Crippen LogP contribution in [0.25, 0.3) is 0 Å². The molecule has 0 unspecified atom stereocenters. The van der Waals surface area contributed by atoms with Crippen LogP contribution >= 0.6 is 0 Å². The molecule has 1 N–H and O–H groups in total. The van der Waals surface area contributed by atoms with Crippen LogP contribution in [0, 0.1) is 21.7 Å². The summed E-state index contributed by atoms with van der Waals surface area (Å²) >= 11 is 0. The second-order valence-electron chi connectivity index (χ2n) is 6.01. The highest BCUT2D eigenvalue weighted by molar-refractivity contribution is 5.70. The van der Waals surface area contributed by atoms with Gasteiger partial charge in [-0.1, -0.05) is 12.1 Å². The lowest BCUT2D eigenvalue weighted by molar-refractivity contribution is -0.383. The maximum absolute atomic E-state index is 13.8. The van der Waals surface area contributed by atoms with E-state index in [2.05, 4.69) is 20.2 Å². The number of aromatic nitrogens is 2. The SMILES string of the molecule is CN1CCN(c2ncnc(NCc3cccc(F)c3F)c2[N+](=O)[O-])CC1. The Morgan fingerprint density at radius 3 is 2.65 bits per heavy atom. The zero-order valence-corrected chi connectivity index (χ0v) is 14.2. The molecule has 0 amide bonds. The average molecular weight is 364 g/mol. The fourth-order valence-corrected chi connectivity index (χ4v) is 2.78. The molecule has 3 rings (SSSR count). The van der Waals surface area contributed by atoms with Crippen LogP contribution in [0.15, 0.2) is 24.5 Å². The van der Waals surface area contributed by atoms with Gasteiger partial charge in [0.1, 0.15) is 6.33 Å². The molecule has 0 aliphatic carbocycles. The molecule has 0 saturated carbocycles. The summed E-state index contributed by atoms with van der Waals surface area (Å²) in [6.45, 7) is 2.60. The standard InChI is InChI=1S/C16H18F2N6O2/c1-22-5-7-23(8-6-22)16-14(24(25)26)15(20-10-21-16)19-9-11-3-2-4-12(17)13(11)18/h2-4,10H,5-9H2,1H3,(H,19,20,21). The molecule has 0 atom stereocenters. The van der Waals surface area contributed by atoms with Gasteiger partial charge < -0.3 is 15.1 Å². The Balaban J connectivity index is 1.86. The third-order valence-electron chi connectivity index (χ3n) is 4.27. The summed E-state index contributed by atoms with van der Waals surface area (Å²) in [5.41, 5.74) is -0.215. The van der Waals surface area contributed by atoms with Crippen molar-refractivity contribution in [3.63, 3.8) is 0 Å². The molecule has 8 nitrogen and oxygen atoms in total. The van der Waals surface area contributed by atoms with Gasteiger partial charge in [-0.3, -0.25) is 10.1 Å². The molecule has 1 aromatic heterocycles. The predicted octanol–water partition coefficient (Wildman–Crippen LogP) is 2.03. The molecule has 10 heteroatoms. The molecule has 0 bridgehead atoms. The molecule has 1 aliphatic heterocycles. The van der Waals surface area contributed by atoms with E-state index in [0.29, 0.717) is 13.1 Å². The molecule has 2 heterocycles. The highest BCUT2D eigenvalue weighted by Gasteiger charge is 2.28. The number of halogens is 2. The van der Waals surface area contributed by atoms with Crippen LogP contribution in [-0.2, 0) is 6.54 Å². The number of rotatable bonds is 5. The molecule has 138 valence electrons. The van der Waals surface area contributed by atoms with Crippen molar-refractivity contribution in [2.75, 3.05) is 43.4 Å². The molecule has 1 aliphatic rings. The van der Waals surface area contributed by atoms with Gasteiger partial charge in [-0.25, -0.2) is 18.7 Å². The van der Waals surface area contributed by atoms with E-state index in [1.165, 1.54) is 18.5 Å². The second-order valence-corrected chi connectivity index (χ2v) is 6.01. The Morgan fingerprint density at radius 1 is 1.23 bits per heavy atom. The van der Waals surface area contributed by atoms with E-state index in [1.807, 2.05) is 11.9 Å². The molecule has 2 aromatic rings. The lowest BCUT2D eigenvalue weighted by atomic mass is 10.2. The highest BCUT2D eigenvalue weighted by atomic mass is 19.2. The van der Waals surface area contributed by atoms with E-state index in [4.69, 9.17) is 0 Å². The zero-order chi connectivity index (χ0) is 18.7. The highest BCUT2D eigenvalue weighted by Crippen LogP contribution is 2.32. The number of benzene rings is 1. The maximum Gasteiger partial charge on any atom is 0.353 e. The average Bonchev–Trinajstić information content (AvgIpc) is 2.63. The van der Waals surface area contributed by atoms with Crippen molar-refractivity contribution in [3.8, 4) is 0 Å². The van der Waals surface area contributed by atoms with Crippen LogP contribution in [0.2, 0.25) is 0 Å². The van der Waals surface area contributed by atoms with Gasteiger partial charge in [-0.15, -0.1) is 0 Å². The first-order valence-electron chi connectivity index (χ1n) is 8.07. The first-order chi connectivity index (χ1) is 12.5. The van der Waals surface area contributed by atoms with Crippen LogP contribution in [0.5, 0.6) is 0 Å². The van der Waals surface area contributed by atoms with Crippen molar-refractivity contribution < 1.29 is 13.7 Å². The van der Waals surface area contributed by atoms with E-state index in [9.17, 15) is 18.9 Å². The smallest absolute Gasteiger partial charge is 0.353 e. The molecular formula is C16H18F2N6O2. The Morgan fingerprint density at radius 2 is 1.96 bits per heavy atom. The lowest BCUT2D eigenvalue weighted by Crippen LogP contribution is -2.45. The third-order valence-corrected chi connectivity index (χ3v) is 4.27. The summed E-state index contributed by atoms with van der Waals surface area (Å²) in [5.74, 6) is -1.77. The van der Waals surface area contributed by atoms with E-state index >= 15 is 0 Å². The number of anilines is 2. The topological polar surface area (TPSA) is 87.4 Å². The molecule has 1 aromatic carbocycles. The minimum absolute atomic E-state index is 0.0254. The minimum atomic E-state index is -0.990. The van der Waals surface area contributed by atoms with Gasteiger partial charge in [0.05, 0.1) is 4.92 Å². The number of likely N-dealkylation sites (N-methyl/N-ethyl adjacent to an activating group) is 1. The van der Waals surface area contributed by atoms with Crippen molar-refractivity contribution in [1.29, 1.82) is 0 Å². The van der Waals surface area contributed by atoms with E-state index < -0.39 is 16.6 Å². The van der Waals surface area contributed by atoms with Crippen LogP contribution in [-0.4, -0.2) is 53.0 Å². The van der Waals surface area contributed by atoms with Crippen LogP contribution < -0.4 is 10.2 Å². The Labute approximate surface area is 148 Å². The normalized spacial score (nSPS) is 15.1. The van der Waals surface area contributed by atoms with Crippen molar-refractivity contribution in [3.05, 3.63) is 51.8 Å². The van der Waals surface area contributed by atoms with E-state index in [-0.39, 0.29) is 29.4 Å². The summed E-state index contributed by atoms with van der Waals surface area (Å²) < 4.78 is 27.1. The fraction of sp³-hybridized carbons (Fsp3) is 0.375. The number of piperazine rings is 1. The first kappa shape index (κ1) is 17.9. The van der Waals surface area contributed by atoms with E-state index in [1.54, 1.807) is 0 Å². The monoisotopic (exact) mass is 364 g/mol. The number of hydrogen-bond donors (Lipinski definition) is 1. The number of nitrogens with one attached hydrogen (secondary N) is 1. The third kappa shape index (κ3) is 3.69. The summed E-state index contributed by atoms with van der Waals surface area (Å²) in [6, 6.07) is 3.79. The van der Waals surface area contributed by atoms with Gasteiger partial charge in [0, 0.05) is 38.3 Å². The summed E-state index contributed by atoms with van der Waals surface area (Å²) in [5, 5.41) is 14.3. The van der Waals surface area contributed by atoms with Crippen LogP contribution in [0.3, 0.4) is 0 Å². The summed E-state index contributed by atoms with van der Waals surface area (Å²) in [7, 11) is 1.98. The number of hydrogen-bond acceptors (Lipinski definition) is 7. The van der Waals surface area contributed by atoms with Gasteiger partial charge in [0.25, 0.3) is 0 Å². The van der Waals surface area contributed by atoms with Crippen molar-refractivity contribution in [1.82, 2.24) is 14.9 Å². The van der Waals surface area contributed by atoms with E-state index in [0.717, 1.165) is 19.2 Å². The van der Waals surface area contributed by atoms with Gasteiger partial charge in [-0.05, 0) is 13.1 Å². The molecule has 0 radical (unpaired) electrons. The maximum atomic E-state index is 13.8. The molecule has 26 heavy (non-hydrogen) atoms. The predicted molar refractivity (Wildman–Crippen MR) is 92.1 cm³/mol. The first-order valence-corrected chi connectivity index (χ1v) is 8.07. The minimum Gasteiger partial charge on any atom is -0.360 e. The van der Waals surface area contributed by atoms with Crippen molar-refractivity contribution in [2.45, 2.75) is 6.54 Å². The molecule has 1 fully saturated rings. The van der Waals surface area contributed by atoms with Gasteiger partial charge in [-0.2, -0.15) is 0 Å². The summed E-state index contributed by atoms with van der Waals surface area (Å²) in [4.78, 5) is 23.0. The Kier molecular flexibility index (Phi) is 5.21. The molecule has 0 spiro atoms. The Bertz CT molecular complexity index is 811. The number of nitro groups is 1. The van der Waals surface area contributed by atoms with Gasteiger partial charge >= 0.3 is 5.69 Å². The summed E-state index contributed by atoms with van der Waals surface area (Å²) in [6.07, 6.45) is 1.23. The fourth-order valence-electron chi connectivity index (χ4n) is 2.78. The van der Waals surface area contributed by atoms with Gasteiger partial charge in [0.2, 0.25) is 11.6 Å². The lowest BCUT2D eigenvalue weighted by Gasteiger charge is -2.32. The van der Waals surface area contributed by atoms with Crippen LogP contribution in [0.4, 0.5) is 26.1 Å². The number of nitrogens with zero attached hydrogens (tertiary/aromatic N) is 5. The second kappa shape index (κ2) is 7.56. The quantitative estimate of drug-likeness (QED) is 0.641.